The molecule has 0 unspecified atom stereocenters. The van der Waals surface area contributed by atoms with Crippen LogP contribution in [0.15, 0.2) is 36.0 Å². The minimum absolute atomic E-state index is 0.147. The molecule has 3 rings (SSSR count). The van der Waals surface area contributed by atoms with Crippen LogP contribution in [-0.2, 0) is 4.79 Å². The summed E-state index contributed by atoms with van der Waals surface area (Å²) in [7, 11) is 0. The number of allylic oxidation sites excluding steroid dienone is 2. The van der Waals surface area contributed by atoms with Gasteiger partial charge in [-0.15, -0.1) is 0 Å². The van der Waals surface area contributed by atoms with Crippen molar-refractivity contribution in [3.05, 3.63) is 36.0 Å². The second-order valence-electron chi connectivity index (χ2n) is 7.15. The van der Waals surface area contributed by atoms with Crippen LogP contribution >= 0.6 is 0 Å². The number of benzene rings is 1. The third kappa shape index (κ3) is 3.78. The molecule has 0 bridgehead atoms. The Labute approximate surface area is 137 Å². The zero-order valence-electron chi connectivity index (χ0n) is 13.9. The molecule has 0 fully saturated rings. The Balaban J connectivity index is 1.57. The summed E-state index contributed by atoms with van der Waals surface area (Å²) in [5.74, 6) is 1.65. The van der Waals surface area contributed by atoms with Crippen LogP contribution in [-0.4, -0.2) is 18.6 Å². The zero-order chi connectivity index (χ0) is 16.4. The van der Waals surface area contributed by atoms with E-state index in [0.717, 1.165) is 18.5 Å². The Bertz CT molecular complexity index is 624. The van der Waals surface area contributed by atoms with E-state index in [4.69, 9.17) is 9.47 Å². The summed E-state index contributed by atoms with van der Waals surface area (Å²) < 4.78 is 11.3. The number of amides is 1. The fourth-order valence-electron chi connectivity index (χ4n) is 3.39. The van der Waals surface area contributed by atoms with Crippen molar-refractivity contribution in [3.8, 4) is 11.5 Å². The number of fused-ring (bicyclic) bond motifs is 1. The van der Waals surface area contributed by atoms with Crippen LogP contribution in [0.2, 0.25) is 0 Å². The first-order valence-electron chi connectivity index (χ1n) is 8.09. The van der Waals surface area contributed by atoms with Gasteiger partial charge in [0.2, 0.25) is 6.10 Å². The normalized spacial score (nSPS) is 25.3. The van der Waals surface area contributed by atoms with E-state index in [0.29, 0.717) is 17.4 Å². The van der Waals surface area contributed by atoms with Crippen molar-refractivity contribution < 1.29 is 14.3 Å². The monoisotopic (exact) mass is 316 g/mol. The number of hydrogen-bond donors (Lipinski definition) is 2. The van der Waals surface area contributed by atoms with Crippen molar-refractivity contribution in [2.24, 2.45) is 11.3 Å². The number of hydrogen-bond acceptors (Lipinski definition) is 4. The highest BCUT2D eigenvalue weighted by atomic mass is 16.6. The summed E-state index contributed by atoms with van der Waals surface area (Å²) in [6.45, 7) is 6.86. The number of carbonyl (C=O) groups is 1. The highest BCUT2D eigenvalue weighted by Crippen LogP contribution is 2.35. The fraction of sp³-hybridized carbons (Fsp3) is 0.500. The first kappa shape index (κ1) is 15.7. The zero-order valence-corrected chi connectivity index (χ0v) is 13.9. The first-order valence-corrected chi connectivity index (χ1v) is 8.09. The molecular weight excluding hydrogens is 292 g/mol. The second kappa shape index (κ2) is 6.14. The Morgan fingerprint density at radius 1 is 1.26 bits per heavy atom. The van der Waals surface area contributed by atoms with Crippen molar-refractivity contribution >= 4 is 5.91 Å². The molecule has 0 spiro atoms. The van der Waals surface area contributed by atoms with Crippen molar-refractivity contribution in [3.63, 3.8) is 0 Å². The molecule has 1 aromatic rings. The molecular formula is C18H24N2O3. The lowest BCUT2D eigenvalue weighted by Gasteiger charge is -2.32. The van der Waals surface area contributed by atoms with Crippen molar-refractivity contribution in [2.75, 3.05) is 6.61 Å². The van der Waals surface area contributed by atoms with Gasteiger partial charge in [0.15, 0.2) is 11.5 Å². The topological polar surface area (TPSA) is 59.6 Å². The van der Waals surface area contributed by atoms with Gasteiger partial charge in [0.1, 0.15) is 6.61 Å². The van der Waals surface area contributed by atoms with Crippen LogP contribution < -0.4 is 20.3 Å². The summed E-state index contributed by atoms with van der Waals surface area (Å²) in [4.78, 5) is 12.3. The highest BCUT2D eigenvalue weighted by Gasteiger charge is 2.29. The first-order chi connectivity index (χ1) is 10.9. The maximum atomic E-state index is 12.3. The van der Waals surface area contributed by atoms with Gasteiger partial charge in [-0.2, -0.15) is 0 Å². The molecule has 1 aromatic carbocycles. The summed E-state index contributed by atoms with van der Waals surface area (Å²) in [5, 5.41) is 0. The van der Waals surface area contributed by atoms with Crippen LogP contribution in [0.5, 0.6) is 11.5 Å². The molecule has 2 aliphatic rings. The standard InChI is InChI=1S/C18H24N2O3/c1-12-8-13(10-18(2,3)9-12)19-20-17(21)16-11-22-14-6-4-5-7-15(14)23-16/h4-7,10,12,16,19H,8-9,11H2,1-3H3,(H,20,21)/t12-,16+/m0/s1. The summed E-state index contributed by atoms with van der Waals surface area (Å²) in [5.41, 5.74) is 7.01. The van der Waals surface area contributed by atoms with Crippen molar-refractivity contribution in [1.29, 1.82) is 0 Å². The summed E-state index contributed by atoms with van der Waals surface area (Å²) >= 11 is 0. The third-order valence-electron chi connectivity index (χ3n) is 4.16. The van der Waals surface area contributed by atoms with Gasteiger partial charge in [0, 0.05) is 5.70 Å². The lowest BCUT2D eigenvalue weighted by Crippen LogP contribution is -2.49. The lowest BCUT2D eigenvalue weighted by atomic mass is 9.76. The number of nitrogens with one attached hydrogen (secondary N) is 2. The van der Waals surface area contributed by atoms with Crippen LogP contribution in [0.1, 0.15) is 33.6 Å². The Kier molecular flexibility index (Phi) is 4.20. The van der Waals surface area contributed by atoms with Gasteiger partial charge in [-0.1, -0.05) is 39.0 Å². The lowest BCUT2D eigenvalue weighted by molar-refractivity contribution is -0.131. The predicted octanol–water partition coefficient (Wildman–Crippen LogP) is 2.79. The molecule has 1 aliphatic heterocycles. The Morgan fingerprint density at radius 2 is 2.00 bits per heavy atom. The minimum Gasteiger partial charge on any atom is -0.485 e. The molecule has 2 N–H and O–H groups in total. The molecule has 23 heavy (non-hydrogen) atoms. The molecule has 1 aliphatic carbocycles. The quantitative estimate of drug-likeness (QED) is 0.842. The molecule has 0 saturated carbocycles. The Hall–Kier alpha value is -2.17. The van der Waals surface area contributed by atoms with Gasteiger partial charge in [-0.25, -0.2) is 0 Å². The molecule has 0 radical (unpaired) electrons. The highest BCUT2D eigenvalue weighted by molar-refractivity contribution is 5.81. The minimum atomic E-state index is -0.646. The van der Waals surface area contributed by atoms with E-state index < -0.39 is 6.10 Å². The van der Waals surface area contributed by atoms with Gasteiger partial charge < -0.3 is 14.9 Å². The van der Waals surface area contributed by atoms with Gasteiger partial charge in [-0.05, 0) is 36.3 Å². The average Bonchev–Trinajstić information content (AvgIpc) is 2.50. The fourth-order valence-corrected chi connectivity index (χ4v) is 3.39. The molecule has 124 valence electrons. The van der Waals surface area contributed by atoms with Crippen molar-refractivity contribution in [1.82, 2.24) is 10.9 Å². The van der Waals surface area contributed by atoms with E-state index >= 15 is 0 Å². The van der Waals surface area contributed by atoms with E-state index in [1.54, 1.807) is 6.07 Å². The molecule has 5 heteroatoms. The number of rotatable bonds is 3. The molecule has 0 saturated heterocycles. The van der Waals surface area contributed by atoms with Gasteiger partial charge in [0.05, 0.1) is 0 Å². The van der Waals surface area contributed by atoms with E-state index in [9.17, 15) is 4.79 Å². The third-order valence-corrected chi connectivity index (χ3v) is 4.16. The van der Waals surface area contributed by atoms with Gasteiger partial charge >= 0.3 is 0 Å². The summed E-state index contributed by atoms with van der Waals surface area (Å²) in [6, 6.07) is 7.37. The Morgan fingerprint density at radius 3 is 2.74 bits per heavy atom. The number of hydrazine groups is 1. The van der Waals surface area contributed by atoms with Crippen LogP contribution in [0.4, 0.5) is 0 Å². The van der Waals surface area contributed by atoms with Crippen LogP contribution in [0.3, 0.4) is 0 Å². The smallest absolute Gasteiger partial charge is 0.282 e. The second-order valence-corrected chi connectivity index (χ2v) is 7.15. The van der Waals surface area contributed by atoms with E-state index in [1.807, 2.05) is 18.2 Å². The maximum Gasteiger partial charge on any atom is 0.282 e. The van der Waals surface area contributed by atoms with E-state index in [1.165, 1.54) is 0 Å². The SMILES string of the molecule is C[C@H]1CC(NNC(=O)[C@H]2COc3ccccc3O2)=CC(C)(C)C1. The molecule has 1 heterocycles. The largest absolute Gasteiger partial charge is 0.485 e. The average molecular weight is 316 g/mol. The van der Waals surface area contributed by atoms with Crippen LogP contribution in [0.25, 0.3) is 0 Å². The van der Waals surface area contributed by atoms with Crippen molar-refractivity contribution in [2.45, 2.75) is 39.7 Å². The number of ether oxygens (including phenoxy) is 2. The number of para-hydroxylation sites is 2. The maximum absolute atomic E-state index is 12.3. The van der Waals surface area contributed by atoms with Gasteiger partial charge in [0.25, 0.3) is 5.91 Å². The van der Waals surface area contributed by atoms with E-state index in [-0.39, 0.29) is 17.9 Å². The van der Waals surface area contributed by atoms with Crippen LogP contribution in [0, 0.1) is 11.3 Å². The molecule has 1 amide bonds. The predicted molar refractivity (Wildman–Crippen MR) is 87.9 cm³/mol. The summed E-state index contributed by atoms with van der Waals surface area (Å²) in [6.07, 6.45) is 3.64. The molecule has 0 aromatic heterocycles. The number of carbonyl (C=O) groups excluding carboxylic acids is 1. The molecule has 5 nitrogen and oxygen atoms in total. The molecule has 2 atom stereocenters. The van der Waals surface area contributed by atoms with Gasteiger partial charge in [-0.3, -0.25) is 10.2 Å². The van der Waals surface area contributed by atoms with E-state index in [2.05, 4.69) is 37.7 Å².